The van der Waals surface area contributed by atoms with Crippen molar-refractivity contribution >= 4 is 17.5 Å². The molecule has 6 heteroatoms. The number of benzene rings is 2. The Bertz CT molecular complexity index is 710. The number of methoxy groups -OCH3 is 1. The minimum Gasteiger partial charge on any atom is -0.497 e. The Labute approximate surface area is 152 Å². The molecule has 0 aromatic heterocycles. The van der Waals surface area contributed by atoms with Gasteiger partial charge in [0.05, 0.1) is 13.7 Å². The van der Waals surface area contributed by atoms with E-state index in [4.69, 9.17) is 25.8 Å². The van der Waals surface area contributed by atoms with Crippen molar-refractivity contribution in [2.75, 3.05) is 26.9 Å². The quantitative estimate of drug-likeness (QED) is 0.729. The summed E-state index contributed by atoms with van der Waals surface area (Å²) in [5, 5.41) is 3.46. The fraction of sp³-hybridized carbons (Fsp3) is 0.316. The molecule has 2 rings (SSSR count). The molecule has 1 amide bonds. The van der Waals surface area contributed by atoms with Gasteiger partial charge in [0.1, 0.15) is 23.9 Å². The van der Waals surface area contributed by atoms with Crippen LogP contribution in [0, 0.1) is 13.8 Å². The third-order valence-corrected chi connectivity index (χ3v) is 4.11. The van der Waals surface area contributed by atoms with Gasteiger partial charge in [0.25, 0.3) is 5.91 Å². The van der Waals surface area contributed by atoms with Crippen molar-refractivity contribution in [1.82, 2.24) is 5.32 Å². The lowest BCUT2D eigenvalue weighted by molar-refractivity contribution is -0.123. The number of ether oxygens (including phenoxy) is 3. The van der Waals surface area contributed by atoms with Crippen molar-refractivity contribution in [3.63, 3.8) is 0 Å². The molecule has 0 bridgehead atoms. The van der Waals surface area contributed by atoms with Gasteiger partial charge in [-0.05, 0) is 49.2 Å². The van der Waals surface area contributed by atoms with E-state index in [1.165, 1.54) is 0 Å². The number of hydrogen-bond acceptors (Lipinski definition) is 4. The summed E-state index contributed by atoms with van der Waals surface area (Å²) in [6.45, 7) is 4.49. The van der Waals surface area contributed by atoms with Crippen LogP contribution in [0.4, 0.5) is 0 Å². The SMILES string of the molecule is COc1cccc(OCCNC(=O)COc2cc(C)c(Cl)c(C)c2)c1. The molecule has 0 heterocycles. The summed E-state index contributed by atoms with van der Waals surface area (Å²) >= 11 is 6.11. The lowest BCUT2D eigenvalue weighted by Crippen LogP contribution is -2.32. The maximum absolute atomic E-state index is 11.8. The Hall–Kier alpha value is -2.40. The molecule has 2 aromatic carbocycles. The van der Waals surface area contributed by atoms with Crippen LogP contribution in [0.3, 0.4) is 0 Å². The summed E-state index contributed by atoms with van der Waals surface area (Å²) in [6.07, 6.45) is 0. The number of carbonyl (C=O) groups excluding carboxylic acids is 1. The molecule has 134 valence electrons. The van der Waals surface area contributed by atoms with Gasteiger partial charge in [0.2, 0.25) is 0 Å². The molecule has 0 spiro atoms. The highest BCUT2D eigenvalue weighted by molar-refractivity contribution is 6.32. The highest BCUT2D eigenvalue weighted by Gasteiger charge is 2.06. The first kappa shape index (κ1) is 18.9. The van der Waals surface area contributed by atoms with Gasteiger partial charge in [-0.3, -0.25) is 4.79 Å². The molecular weight excluding hydrogens is 342 g/mol. The van der Waals surface area contributed by atoms with Crippen LogP contribution in [-0.2, 0) is 4.79 Å². The van der Waals surface area contributed by atoms with Crippen molar-refractivity contribution in [2.24, 2.45) is 0 Å². The van der Waals surface area contributed by atoms with Crippen molar-refractivity contribution in [3.05, 3.63) is 52.5 Å². The second kappa shape index (κ2) is 9.18. The molecule has 0 aliphatic rings. The zero-order chi connectivity index (χ0) is 18.2. The number of nitrogens with one attached hydrogen (secondary N) is 1. The van der Waals surface area contributed by atoms with Gasteiger partial charge < -0.3 is 19.5 Å². The molecule has 2 aromatic rings. The van der Waals surface area contributed by atoms with E-state index in [1.807, 2.05) is 44.2 Å². The van der Waals surface area contributed by atoms with E-state index in [2.05, 4.69) is 5.32 Å². The summed E-state index contributed by atoms with van der Waals surface area (Å²) in [7, 11) is 1.60. The monoisotopic (exact) mass is 363 g/mol. The normalized spacial score (nSPS) is 10.2. The zero-order valence-corrected chi connectivity index (χ0v) is 15.4. The minimum atomic E-state index is -0.209. The second-order valence-corrected chi connectivity index (χ2v) is 5.92. The van der Waals surface area contributed by atoms with E-state index >= 15 is 0 Å². The van der Waals surface area contributed by atoms with E-state index < -0.39 is 0 Å². The summed E-state index contributed by atoms with van der Waals surface area (Å²) in [5.41, 5.74) is 1.84. The summed E-state index contributed by atoms with van der Waals surface area (Å²) in [5.74, 6) is 1.84. The third-order valence-electron chi connectivity index (χ3n) is 3.51. The molecular formula is C19H22ClNO4. The summed E-state index contributed by atoms with van der Waals surface area (Å²) in [6, 6.07) is 10.9. The number of hydrogen-bond donors (Lipinski definition) is 1. The van der Waals surface area contributed by atoms with Gasteiger partial charge in [0.15, 0.2) is 6.61 Å². The van der Waals surface area contributed by atoms with Crippen LogP contribution in [0.15, 0.2) is 36.4 Å². The average Bonchev–Trinajstić information content (AvgIpc) is 2.61. The molecule has 0 radical (unpaired) electrons. The van der Waals surface area contributed by atoms with Crippen LogP contribution in [0.1, 0.15) is 11.1 Å². The van der Waals surface area contributed by atoms with Gasteiger partial charge in [-0.1, -0.05) is 17.7 Å². The minimum absolute atomic E-state index is 0.0559. The Morgan fingerprint density at radius 1 is 1.04 bits per heavy atom. The second-order valence-electron chi connectivity index (χ2n) is 5.54. The number of halogens is 1. The van der Waals surface area contributed by atoms with Crippen molar-refractivity contribution < 1.29 is 19.0 Å². The molecule has 0 fully saturated rings. The van der Waals surface area contributed by atoms with Crippen LogP contribution < -0.4 is 19.5 Å². The van der Waals surface area contributed by atoms with Gasteiger partial charge in [0, 0.05) is 11.1 Å². The van der Waals surface area contributed by atoms with Crippen LogP contribution in [0.5, 0.6) is 17.2 Å². The van der Waals surface area contributed by atoms with Gasteiger partial charge in [-0.25, -0.2) is 0 Å². The number of carbonyl (C=O) groups is 1. The Morgan fingerprint density at radius 3 is 2.40 bits per heavy atom. The largest absolute Gasteiger partial charge is 0.497 e. The lowest BCUT2D eigenvalue weighted by Gasteiger charge is -2.11. The van der Waals surface area contributed by atoms with Crippen molar-refractivity contribution in [2.45, 2.75) is 13.8 Å². The van der Waals surface area contributed by atoms with Crippen LogP contribution in [0.2, 0.25) is 5.02 Å². The molecule has 0 aliphatic carbocycles. The Kier molecular flexibility index (Phi) is 6.95. The molecule has 1 N–H and O–H groups in total. The predicted octanol–water partition coefficient (Wildman–Crippen LogP) is 3.54. The van der Waals surface area contributed by atoms with Crippen LogP contribution >= 0.6 is 11.6 Å². The lowest BCUT2D eigenvalue weighted by atomic mass is 10.1. The number of rotatable bonds is 8. The first-order valence-corrected chi connectivity index (χ1v) is 8.30. The predicted molar refractivity (Wildman–Crippen MR) is 97.9 cm³/mol. The summed E-state index contributed by atoms with van der Waals surface area (Å²) in [4.78, 5) is 11.8. The standard InChI is InChI=1S/C19H22ClNO4/c1-13-9-17(10-14(2)19(13)20)25-12-18(22)21-7-8-24-16-6-4-5-15(11-16)23-3/h4-6,9-11H,7-8,12H2,1-3H3,(H,21,22). The highest BCUT2D eigenvalue weighted by Crippen LogP contribution is 2.25. The smallest absolute Gasteiger partial charge is 0.258 e. The van der Waals surface area contributed by atoms with Gasteiger partial charge >= 0.3 is 0 Å². The van der Waals surface area contributed by atoms with Crippen LogP contribution in [0.25, 0.3) is 0 Å². The topological polar surface area (TPSA) is 56.8 Å². The molecule has 0 atom stereocenters. The van der Waals surface area contributed by atoms with Crippen molar-refractivity contribution in [3.8, 4) is 17.2 Å². The Morgan fingerprint density at radius 2 is 1.72 bits per heavy atom. The van der Waals surface area contributed by atoms with E-state index in [-0.39, 0.29) is 12.5 Å². The molecule has 5 nitrogen and oxygen atoms in total. The fourth-order valence-corrected chi connectivity index (χ4v) is 2.35. The Balaban J connectivity index is 1.70. The van der Waals surface area contributed by atoms with E-state index in [0.717, 1.165) is 16.9 Å². The molecule has 0 saturated heterocycles. The van der Waals surface area contributed by atoms with Gasteiger partial charge in [-0.15, -0.1) is 0 Å². The van der Waals surface area contributed by atoms with Crippen molar-refractivity contribution in [1.29, 1.82) is 0 Å². The highest BCUT2D eigenvalue weighted by atomic mass is 35.5. The first-order valence-electron chi connectivity index (χ1n) is 7.92. The first-order chi connectivity index (χ1) is 12.0. The van der Waals surface area contributed by atoms with Crippen LogP contribution in [-0.4, -0.2) is 32.8 Å². The van der Waals surface area contributed by atoms with E-state index in [1.54, 1.807) is 13.2 Å². The average molecular weight is 364 g/mol. The fourth-order valence-electron chi connectivity index (χ4n) is 2.24. The zero-order valence-electron chi connectivity index (χ0n) is 14.6. The van der Waals surface area contributed by atoms with Gasteiger partial charge in [-0.2, -0.15) is 0 Å². The number of aryl methyl sites for hydroxylation is 2. The maximum Gasteiger partial charge on any atom is 0.258 e. The van der Waals surface area contributed by atoms with E-state index in [0.29, 0.717) is 29.7 Å². The molecule has 0 saturated carbocycles. The molecule has 0 unspecified atom stereocenters. The number of amides is 1. The third kappa shape index (κ3) is 5.87. The summed E-state index contributed by atoms with van der Waals surface area (Å²) < 4.78 is 16.2. The molecule has 0 aliphatic heterocycles. The maximum atomic E-state index is 11.8. The molecule has 25 heavy (non-hydrogen) atoms. The van der Waals surface area contributed by atoms with E-state index in [9.17, 15) is 4.79 Å².